The lowest BCUT2D eigenvalue weighted by Crippen LogP contribution is -2.08. The van der Waals surface area contributed by atoms with E-state index in [0.29, 0.717) is 16.8 Å². The summed E-state index contributed by atoms with van der Waals surface area (Å²) in [5, 5.41) is 11.9. The van der Waals surface area contributed by atoms with E-state index in [1.807, 2.05) is 6.07 Å². The van der Waals surface area contributed by atoms with Crippen LogP contribution in [0.25, 0.3) is 0 Å². The van der Waals surface area contributed by atoms with Crippen LogP contribution in [0.2, 0.25) is 0 Å². The quantitative estimate of drug-likeness (QED) is 0.845. The van der Waals surface area contributed by atoms with Crippen molar-refractivity contribution in [2.45, 2.75) is 13.1 Å². The van der Waals surface area contributed by atoms with E-state index >= 15 is 0 Å². The van der Waals surface area contributed by atoms with Gasteiger partial charge >= 0.3 is 6.18 Å². The van der Waals surface area contributed by atoms with Crippen LogP contribution in [0, 0.1) is 24.1 Å². The minimum Gasteiger partial charge on any atom is -0.345 e. The average Bonchev–Trinajstić information content (AvgIpc) is 2.71. The van der Waals surface area contributed by atoms with Gasteiger partial charge in [-0.2, -0.15) is 22.8 Å². The molecule has 0 fully saturated rings. The Bertz CT molecular complexity index is 685. The van der Waals surface area contributed by atoms with Crippen LogP contribution in [0.5, 0.6) is 0 Å². The van der Waals surface area contributed by atoms with E-state index in [1.165, 1.54) is 6.07 Å². The topological polar surface area (TPSA) is 48.7 Å². The van der Waals surface area contributed by atoms with E-state index in [9.17, 15) is 17.6 Å². The number of nitriles is 1. The molecule has 2 rings (SSSR count). The second kappa shape index (κ2) is 5.09. The Morgan fingerprint density at radius 1 is 1.35 bits per heavy atom. The second-order valence-corrected chi connectivity index (χ2v) is 4.67. The van der Waals surface area contributed by atoms with E-state index < -0.39 is 17.6 Å². The summed E-state index contributed by atoms with van der Waals surface area (Å²) in [5.41, 5.74) is -0.577. The molecule has 104 valence electrons. The second-order valence-electron chi connectivity index (χ2n) is 3.90. The summed E-state index contributed by atoms with van der Waals surface area (Å²) in [6, 6.07) is 4.46. The standard InChI is InChI=1S/C12H7F4N3S/c1-6-8(5-17)11(20-19-6)18-7-2-3-10(13)9(4-7)12(14,15)16/h2-4,18H,1H3. The third-order valence-corrected chi connectivity index (χ3v) is 3.36. The monoisotopic (exact) mass is 301 g/mol. The number of nitrogens with one attached hydrogen (secondary N) is 1. The van der Waals surface area contributed by atoms with E-state index in [0.717, 1.165) is 17.6 Å². The predicted octanol–water partition coefficient (Wildman–Crippen LogP) is 4.22. The molecule has 8 heteroatoms. The van der Waals surface area contributed by atoms with Gasteiger partial charge in [0.15, 0.2) is 0 Å². The molecule has 0 saturated carbocycles. The van der Waals surface area contributed by atoms with Crippen molar-refractivity contribution in [2.75, 3.05) is 5.32 Å². The first-order valence-electron chi connectivity index (χ1n) is 5.33. The minimum atomic E-state index is -4.77. The first kappa shape index (κ1) is 14.3. The molecule has 20 heavy (non-hydrogen) atoms. The van der Waals surface area contributed by atoms with Gasteiger partial charge in [0.05, 0.1) is 11.3 Å². The zero-order valence-corrected chi connectivity index (χ0v) is 10.9. The maximum atomic E-state index is 13.1. The van der Waals surface area contributed by atoms with E-state index in [1.54, 1.807) is 6.92 Å². The van der Waals surface area contributed by atoms with Gasteiger partial charge in [0, 0.05) is 5.69 Å². The highest BCUT2D eigenvalue weighted by Gasteiger charge is 2.34. The van der Waals surface area contributed by atoms with Crippen molar-refractivity contribution < 1.29 is 17.6 Å². The summed E-state index contributed by atoms with van der Waals surface area (Å²) in [6.07, 6.45) is -4.77. The number of hydrogen-bond donors (Lipinski definition) is 1. The Balaban J connectivity index is 2.38. The molecule has 0 atom stereocenters. The lowest BCUT2D eigenvalue weighted by Gasteiger charge is -2.10. The van der Waals surface area contributed by atoms with Crippen LogP contribution < -0.4 is 5.32 Å². The third-order valence-electron chi connectivity index (χ3n) is 2.50. The van der Waals surface area contributed by atoms with Crippen LogP contribution >= 0.6 is 11.5 Å². The van der Waals surface area contributed by atoms with E-state index in [4.69, 9.17) is 5.26 Å². The van der Waals surface area contributed by atoms with Gasteiger partial charge < -0.3 is 5.32 Å². The average molecular weight is 301 g/mol. The fourth-order valence-corrected chi connectivity index (χ4v) is 2.31. The molecule has 0 aliphatic heterocycles. The van der Waals surface area contributed by atoms with Crippen LogP contribution in [-0.4, -0.2) is 4.37 Å². The first-order chi connectivity index (χ1) is 9.32. The van der Waals surface area contributed by atoms with Gasteiger partial charge in [0.2, 0.25) is 0 Å². The summed E-state index contributed by atoms with van der Waals surface area (Å²) >= 11 is 0.955. The Morgan fingerprint density at radius 2 is 2.05 bits per heavy atom. The van der Waals surface area contributed by atoms with Gasteiger partial charge in [0.1, 0.15) is 22.5 Å². The Kier molecular flexibility index (Phi) is 3.63. The van der Waals surface area contributed by atoms with Crippen LogP contribution in [0.1, 0.15) is 16.8 Å². The minimum absolute atomic E-state index is 0.0406. The molecule has 0 radical (unpaired) electrons. The van der Waals surface area contributed by atoms with Gasteiger partial charge in [0.25, 0.3) is 0 Å². The summed E-state index contributed by atoms with van der Waals surface area (Å²) in [5.74, 6) is -1.34. The summed E-state index contributed by atoms with van der Waals surface area (Å²) in [7, 11) is 0. The van der Waals surface area contributed by atoms with Crippen molar-refractivity contribution in [3.63, 3.8) is 0 Å². The largest absolute Gasteiger partial charge is 0.419 e. The Hall–Kier alpha value is -2.14. The number of aromatic nitrogens is 1. The van der Waals surface area contributed by atoms with Gasteiger partial charge in [-0.25, -0.2) is 4.39 Å². The van der Waals surface area contributed by atoms with E-state index in [2.05, 4.69) is 9.69 Å². The maximum absolute atomic E-state index is 13.1. The molecule has 1 heterocycles. The van der Waals surface area contributed by atoms with Gasteiger partial charge in [-0.05, 0) is 36.7 Å². The van der Waals surface area contributed by atoms with Crippen molar-refractivity contribution in [1.29, 1.82) is 5.26 Å². The zero-order chi connectivity index (χ0) is 14.9. The van der Waals surface area contributed by atoms with Gasteiger partial charge in [-0.3, -0.25) is 0 Å². The summed E-state index contributed by atoms with van der Waals surface area (Å²) in [4.78, 5) is 0. The highest BCUT2D eigenvalue weighted by molar-refractivity contribution is 7.10. The molecular formula is C12H7F4N3S. The third kappa shape index (κ3) is 2.72. The predicted molar refractivity (Wildman–Crippen MR) is 66.3 cm³/mol. The van der Waals surface area contributed by atoms with Crippen molar-refractivity contribution in [1.82, 2.24) is 4.37 Å². The zero-order valence-electron chi connectivity index (χ0n) is 10.0. The van der Waals surface area contributed by atoms with Crippen LogP contribution in [-0.2, 0) is 6.18 Å². The molecule has 0 bridgehead atoms. The number of aryl methyl sites for hydroxylation is 1. The van der Waals surface area contributed by atoms with Gasteiger partial charge in [-0.1, -0.05) is 0 Å². The SMILES string of the molecule is Cc1nsc(Nc2ccc(F)c(C(F)(F)F)c2)c1C#N. The number of rotatable bonds is 2. The molecule has 0 amide bonds. The highest BCUT2D eigenvalue weighted by atomic mass is 32.1. The van der Waals surface area contributed by atoms with Gasteiger partial charge in [-0.15, -0.1) is 0 Å². The molecule has 0 unspecified atom stereocenters. The first-order valence-corrected chi connectivity index (χ1v) is 6.10. The number of benzene rings is 1. The molecule has 2 aromatic rings. The lowest BCUT2D eigenvalue weighted by atomic mass is 10.1. The number of alkyl halides is 3. The Morgan fingerprint density at radius 3 is 2.65 bits per heavy atom. The lowest BCUT2D eigenvalue weighted by molar-refractivity contribution is -0.139. The smallest absolute Gasteiger partial charge is 0.345 e. The van der Waals surface area contributed by atoms with E-state index in [-0.39, 0.29) is 11.3 Å². The molecule has 0 saturated heterocycles. The summed E-state index contributed by atoms with van der Waals surface area (Å²) < 4.78 is 54.8. The van der Waals surface area contributed by atoms with Crippen LogP contribution in [0.4, 0.5) is 28.3 Å². The molecule has 0 aliphatic rings. The number of nitrogens with zero attached hydrogens (tertiary/aromatic N) is 2. The Labute approximate surface area is 115 Å². The fraction of sp³-hybridized carbons (Fsp3) is 0.167. The van der Waals surface area contributed by atoms with Crippen molar-refractivity contribution in [2.24, 2.45) is 0 Å². The molecule has 0 aliphatic carbocycles. The molecule has 3 nitrogen and oxygen atoms in total. The number of anilines is 2. The highest BCUT2D eigenvalue weighted by Crippen LogP contribution is 2.34. The van der Waals surface area contributed by atoms with Crippen LogP contribution in [0.15, 0.2) is 18.2 Å². The van der Waals surface area contributed by atoms with Crippen molar-refractivity contribution >= 4 is 22.2 Å². The van der Waals surface area contributed by atoms with Crippen molar-refractivity contribution in [3.05, 3.63) is 40.8 Å². The molecule has 1 N–H and O–H groups in total. The molecule has 1 aromatic heterocycles. The number of hydrogen-bond acceptors (Lipinski definition) is 4. The fourth-order valence-electron chi connectivity index (χ4n) is 1.54. The maximum Gasteiger partial charge on any atom is 0.419 e. The van der Waals surface area contributed by atoms with Crippen LogP contribution in [0.3, 0.4) is 0 Å². The normalized spacial score (nSPS) is 11.2. The molecule has 0 spiro atoms. The molecular weight excluding hydrogens is 294 g/mol. The number of halogens is 4. The summed E-state index contributed by atoms with van der Waals surface area (Å²) in [6.45, 7) is 1.62. The van der Waals surface area contributed by atoms with Crippen molar-refractivity contribution in [3.8, 4) is 6.07 Å². The molecule has 1 aromatic carbocycles.